The average molecular weight is 390 g/mol. The Morgan fingerprint density at radius 1 is 1.40 bits per heavy atom. The quantitative estimate of drug-likeness (QED) is 0.524. The summed E-state index contributed by atoms with van der Waals surface area (Å²) in [6, 6.07) is 4.04. The molecule has 0 amide bonds. The van der Waals surface area contributed by atoms with Gasteiger partial charge in [-0.05, 0) is 40.3 Å². The summed E-state index contributed by atoms with van der Waals surface area (Å²) in [6.07, 6.45) is -4.42. The van der Waals surface area contributed by atoms with Crippen molar-refractivity contribution >= 4 is 38.5 Å². The Morgan fingerprint density at radius 3 is 2.40 bits per heavy atom. The van der Waals surface area contributed by atoms with E-state index in [1.165, 1.54) is 6.07 Å². The molecule has 1 rings (SSSR count). The van der Waals surface area contributed by atoms with E-state index in [1.54, 1.807) is 28.7 Å². The molecule has 0 spiro atoms. The fourth-order valence-electron chi connectivity index (χ4n) is 1.05. The van der Waals surface area contributed by atoms with Gasteiger partial charge in [0.25, 0.3) is 0 Å². The minimum absolute atomic E-state index is 0.0252. The van der Waals surface area contributed by atoms with Gasteiger partial charge in [0, 0.05) is 8.90 Å². The molecule has 0 unspecified atom stereocenters. The van der Waals surface area contributed by atoms with E-state index in [4.69, 9.17) is 5.26 Å². The Hall–Kier alpha value is -0.290. The van der Waals surface area contributed by atoms with E-state index >= 15 is 0 Å². The van der Waals surface area contributed by atoms with Crippen LogP contribution in [0.4, 0.5) is 13.2 Å². The minimum atomic E-state index is -4.42. The van der Waals surface area contributed by atoms with Gasteiger partial charge in [0.05, 0.1) is 17.2 Å². The molecule has 0 aromatic heterocycles. The number of benzene rings is 1. The maximum absolute atomic E-state index is 12.6. The minimum Gasteiger partial charge on any atom is -0.192 e. The largest absolute Gasteiger partial charge is 0.417 e. The van der Waals surface area contributed by atoms with Gasteiger partial charge >= 0.3 is 6.18 Å². The summed E-state index contributed by atoms with van der Waals surface area (Å²) >= 11 is 4.73. The maximum Gasteiger partial charge on any atom is 0.417 e. The highest BCUT2D eigenvalue weighted by molar-refractivity contribution is 14.1. The van der Waals surface area contributed by atoms with Crippen molar-refractivity contribution in [1.82, 2.24) is 0 Å². The molecule has 1 nitrogen and oxygen atoms in total. The summed E-state index contributed by atoms with van der Waals surface area (Å²) in [6.45, 7) is 0. The van der Waals surface area contributed by atoms with E-state index in [9.17, 15) is 13.2 Å². The van der Waals surface area contributed by atoms with Crippen LogP contribution in [-0.4, -0.2) is 0 Å². The van der Waals surface area contributed by atoms with Crippen LogP contribution in [0.1, 0.15) is 16.7 Å². The second-order valence-corrected chi connectivity index (χ2v) is 4.38. The summed E-state index contributed by atoms with van der Waals surface area (Å²) in [5.41, 5.74) is -0.254. The third-order valence-electron chi connectivity index (χ3n) is 1.73. The highest BCUT2D eigenvalue weighted by Crippen LogP contribution is 2.35. The van der Waals surface area contributed by atoms with Gasteiger partial charge in [-0.1, -0.05) is 15.9 Å². The zero-order chi connectivity index (χ0) is 11.6. The van der Waals surface area contributed by atoms with Crippen LogP contribution in [0, 0.1) is 14.9 Å². The Kier molecular flexibility index (Phi) is 4.00. The first kappa shape index (κ1) is 12.8. The molecule has 0 aliphatic heterocycles. The van der Waals surface area contributed by atoms with Gasteiger partial charge in [-0.15, -0.1) is 0 Å². The molecule has 0 aliphatic rings. The summed E-state index contributed by atoms with van der Waals surface area (Å²) in [5, 5.41) is 8.90. The molecule has 0 radical (unpaired) electrons. The molecule has 0 heterocycles. The predicted octanol–water partition coefficient (Wildman–Crippen LogP) is 4.08. The van der Waals surface area contributed by atoms with Crippen LogP contribution in [0.25, 0.3) is 0 Å². The molecule has 1 aromatic carbocycles. The number of nitriles is 1. The maximum atomic E-state index is 12.6. The van der Waals surface area contributed by atoms with Gasteiger partial charge in [0.15, 0.2) is 0 Å². The standard InChI is InChI=1S/C9H4BrF3IN/c10-3-6-1-5(4-15)2-7(8(6)14)9(11,12)13/h1-2H,3H2. The van der Waals surface area contributed by atoms with Crippen molar-refractivity contribution in [2.45, 2.75) is 11.5 Å². The van der Waals surface area contributed by atoms with Crippen LogP contribution in [0.15, 0.2) is 12.1 Å². The number of hydrogen-bond acceptors (Lipinski definition) is 1. The monoisotopic (exact) mass is 389 g/mol. The second kappa shape index (κ2) is 4.70. The molecule has 0 bridgehead atoms. The first-order valence-electron chi connectivity index (χ1n) is 3.76. The third-order valence-corrected chi connectivity index (χ3v) is 3.60. The topological polar surface area (TPSA) is 23.8 Å². The van der Waals surface area contributed by atoms with E-state index in [2.05, 4.69) is 15.9 Å². The van der Waals surface area contributed by atoms with Crippen molar-refractivity contribution in [2.24, 2.45) is 0 Å². The molecule has 6 heteroatoms. The van der Waals surface area contributed by atoms with Crippen molar-refractivity contribution < 1.29 is 13.2 Å². The van der Waals surface area contributed by atoms with Crippen molar-refractivity contribution in [2.75, 3.05) is 0 Å². The van der Waals surface area contributed by atoms with Crippen LogP contribution in [0.2, 0.25) is 0 Å². The van der Waals surface area contributed by atoms with Crippen LogP contribution in [0.5, 0.6) is 0 Å². The van der Waals surface area contributed by atoms with E-state index in [1.807, 2.05) is 0 Å². The molecule has 0 saturated carbocycles. The third kappa shape index (κ3) is 2.84. The zero-order valence-electron chi connectivity index (χ0n) is 7.20. The van der Waals surface area contributed by atoms with Gasteiger partial charge < -0.3 is 0 Å². The van der Waals surface area contributed by atoms with Crippen molar-refractivity contribution in [1.29, 1.82) is 5.26 Å². The van der Waals surface area contributed by atoms with Crippen LogP contribution < -0.4 is 0 Å². The number of hydrogen-bond donors (Lipinski definition) is 0. The highest BCUT2D eigenvalue weighted by Gasteiger charge is 2.34. The molecule has 80 valence electrons. The first-order chi connectivity index (χ1) is 6.90. The number of halogens is 5. The highest BCUT2D eigenvalue weighted by atomic mass is 127. The van der Waals surface area contributed by atoms with Crippen molar-refractivity contribution in [3.8, 4) is 6.07 Å². The van der Waals surface area contributed by atoms with E-state index < -0.39 is 11.7 Å². The average Bonchev–Trinajstić information content (AvgIpc) is 2.16. The second-order valence-electron chi connectivity index (χ2n) is 2.74. The number of nitrogens with zero attached hydrogens (tertiary/aromatic N) is 1. The fraction of sp³-hybridized carbons (Fsp3) is 0.222. The molecule has 0 fully saturated rings. The fourth-order valence-corrected chi connectivity index (χ4v) is 2.83. The lowest BCUT2D eigenvalue weighted by atomic mass is 10.1. The lowest BCUT2D eigenvalue weighted by Gasteiger charge is -2.12. The van der Waals surface area contributed by atoms with Gasteiger partial charge in [-0.25, -0.2) is 0 Å². The summed E-state index contributed by atoms with van der Waals surface area (Å²) < 4.78 is 37.8. The van der Waals surface area contributed by atoms with E-state index in [0.717, 1.165) is 6.07 Å². The first-order valence-corrected chi connectivity index (χ1v) is 5.96. The smallest absolute Gasteiger partial charge is 0.192 e. The summed E-state index contributed by atoms with van der Waals surface area (Å²) in [7, 11) is 0. The number of alkyl halides is 4. The molecule has 0 N–H and O–H groups in total. The zero-order valence-corrected chi connectivity index (χ0v) is 10.9. The van der Waals surface area contributed by atoms with E-state index in [-0.39, 0.29) is 9.13 Å². The Balaban J connectivity index is 3.46. The number of rotatable bonds is 1. The Labute approximate surface area is 107 Å². The molecule has 0 saturated heterocycles. The van der Waals surface area contributed by atoms with Crippen LogP contribution >= 0.6 is 38.5 Å². The van der Waals surface area contributed by atoms with Gasteiger partial charge in [0.2, 0.25) is 0 Å². The normalized spacial score (nSPS) is 11.2. The summed E-state index contributed by atoms with van der Waals surface area (Å²) in [4.78, 5) is 0. The van der Waals surface area contributed by atoms with Gasteiger partial charge in [-0.2, -0.15) is 18.4 Å². The molecular weight excluding hydrogens is 386 g/mol. The van der Waals surface area contributed by atoms with Gasteiger partial charge in [-0.3, -0.25) is 0 Å². The molecular formula is C9H4BrF3IN. The van der Waals surface area contributed by atoms with Crippen LogP contribution in [-0.2, 0) is 11.5 Å². The lowest BCUT2D eigenvalue weighted by Crippen LogP contribution is -2.09. The molecule has 15 heavy (non-hydrogen) atoms. The van der Waals surface area contributed by atoms with Crippen molar-refractivity contribution in [3.05, 3.63) is 32.4 Å². The van der Waals surface area contributed by atoms with Crippen LogP contribution in [0.3, 0.4) is 0 Å². The predicted molar refractivity (Wildman–Crippen MR) is 61.5 cm³/mol. The summed E-state index contributed by atoms with van der Waals surface area (Å²) in [5.74, 6) is 0. The molecule has 0 aliphatic carbocycles. The van der Waals surface area contributed by atoms with Crippen molar-refractivity contribution in [3.63, 3.8) is 0 Å². The Morgan fingerprint density at radius 2 is 2.00 bits per heavy atom. The van der Waals surface area contributed by atoms with E-state index in [0.29, 0.717) is 10.9 Å². The lowest BCUT2D eigenvalue weighted by molar-refractivity contribution is -0.138. The molecule has 1 aromatic rings. The molecule has 0 atom stereocenters. The Bertz CT molecular complexity index is 423. The van der Waals surface area contributed by atoms with Gasteiger partial charge in [0.1, 0.15) is 0 Å². The SMILES string of the molecule is N#Cc1cc(CBr)c(I)c(C(F)(F)F)c1.